The summed E-state index contributed by atoms with van der Waals surface area (Å²) in [5, 5.41) is 9.20. The molecule has 21 heavy (non-hydrogen) atoms. The van der Waals surface area contributed by atoms with E-state index in [-0.39, 0.29) is 6.03 Å². The maximum absolute atomic E-state index is 11.3. The van der Waals surface area contributed by atoms with E-state index in [9.17, 15) is 4.79 Å². The third-order valence-electron chi connectivity index (χ3n) is 2.88. The number of carbonyl (C=O) groups is 1. The molecule has 1 aromatic heterocycles. The van der Waals surface area contributed by atoms with E-state index in [1.807, 2.05) is 18.2 Å². The van der Waals surface area contributed by atoms with Crippen LogP contribution in [0.5, 0.6) is 0 Å². The van der Waals surface area contributed by atoms with E-state index in [1.54, 1.807) is 25.4 Å². The fraction of sp³-hybridized carbons (Fsp3) is 0.333. The predicted octanol–water partition coefficient (Wildman–Crippen LogP) is 2.17. The zero-order chi connectivity index (χ0) is 15.1. The van der Waals surface area contributed by atoms with Crippen molar-refractivity contribution in [2.45, 2.75) is 6.54 Å². The first-order valence-electron chi connectivity index (χ1n) is 6.82. The molecule has 0 atom stereocenters. The Hall–Kier alpha value is -1.92. The Morgan fingerprint density at radius 1 is 1.24 bits per heavy atom. The number of hydrogen-bond acceptors (Lipinski definition) is 4. The van der Waals surface area contributed by atoms with Gasteiger partial charge in [0.15, 0.2) is 0 Å². The number of amides is 2. The second-order valence-corrected chi connectivity index (χ2v) is 5.74. The minimum atomic E-state index is -0.0718. The molecule has 6 heteroatoms. The third-order valence-corrected chi connectivity index (χ3v) is 3.73. The highest BCUT2D eigenvalue weighted by Gasteiger charge is 2.04. The molecule has 0 bridgehead atoms. The largest absolute Gasteiger partial charge is 0.337 e. The van der Waals surface area contributed by atoms with Gasteiger partial charge in [0.05, 0.1) is 5.69 Å². The van der Waals surface area contributed by atoms with Crippen LogP contribution >= 0.6 is 11.3 Å². The molecule has 1 heterocycles. The summed E-state index contributed by atoms with van der Waals surface area (Å²) in [6.45, 7) is 2.04. The van der Waals surface area contributed by atoms with Crippen molar-refractivity contribution in [2.75, 3.05) is 27.2 Å². The lowest BCUT2D eigenvalue weighted by Gasteiger charge is -2.11. The van der Waals surface area contributed by atoms with Gasteiger partial charge >= 0.3 is 6.03 Å². The summed E-state index contributed by atoms with van der Waals surface area (Å²) in [5.74, 6) is 0. The second-order valence-electron chi connectivity index (χ2n) is 4.80. The van der Waals surface area contributed by atoms with Crippen molar-refractivity contribution in [2.24, 2.45) is 0 Å². The molecule has 0 spiro atoms. The summed E-state index contributed by atoms with van der Waals surface area (Å²) < 4.78 is 0. The standard InChI is InChI=1S/C15H20N4OS/c1-19(2)15(20)17-9-8-16-10-14-18-13(11-21-14)12-6-4-3-5-7-12/h3-7,11,16H,8-10H2,1-2H3,(H,17,20). The molecule has 5 nitrogen and oxygen atoms in total. The summed E-state index contributed by atoms with van der Waals surface area (Å²) >= 11 is 1.64. The van der Waals surface area contributed by atoms with Crippen molar-refractivity contribution in [1.82, 2.24) is 20.5 Å². The topological polar surface area (TPSA) is 57.3 Å². The van der Waals surface area contributed by atoms with Crippen LogP contribution in [0.15, 0.2) is 35.7 Å². The summed E-state index contributed by atoms with van der Waals surface area (Å²) in [7, 11) is 3.45. The minimum Gasteiger partial charge on any atom is -0.337 e. The van der Waals surface area contributed by atoms with Crippen LogP contribution in [-0.4, -0.2) is 43.1 Å². The molecule has 0 fully saturated rings. The van der Waals surface area contributed by atoms with Gasteiger partial charge in [-0.05, 0) is 0 Å². The highest BCUT2D eigenvalue weighted by Crippen LogP contribution is 2.21. The lowest BCUT2D eigenvalue weighted by Crippen LogP contribution is -2.38. The quantitative estimate of drug-likeness (QED) is 0.804. The van der Waals surface area contributed by atoms with Crippen molar-refractivity contribution in [3.05, 3.63) is 40.7 Å². The van der Waals surface area contributed by atoms with E-state index >= 15 is 0 Å². The Labute approximate surface area is 129 Å². The Morgan fingerprint density at radius 3 is 2.71 bits per heavy atom. The highest BCUT2D eigenvalue weighted by atomic mass is 32.1. The number of nitrogens with one attached hydrogen (secondary N) is 2. The van der Waals surface area contributed by atoms with Crippen LogP contribution in [0.4, 0.5) is 4.79 Å². The molecule has 0 saturated carbocycles. The molecular formula is C15H20N4OS. The van der Waals surface area contributed by atoms with Crippen molar-refractivity contribution in [1.29, 1.82) is 0 Å². The van der Waals surface area contributed by atoms with Crippen molar-refractivity contribution in [3.8, 4) is 11.3 Å². The molecule has 2 aromatic rings. The van der Waals surface area contributed by atoms with Gasteiger partial charge in [-0.2, -0.15) is 0 Å². The fourth-order valence-electron chi connectivity index (χ4n) is 1.74. The maximum Gasteiger partial charge on any atom is 0.316 e. The average molecular weight is 304 g/mol. The molecule has 1 aromatic carbocycles. The molecule has 0 saturated heterocycles. The molecule has 0 aliphatic rings. The Balaban J connectivity index is 1.73. The van der Waals surface area contributed by atoms with Gasteiger partial charge in [-0.15, -0.1) is 11.3 Å². The second kappa shape index (κ2) is 7.75. The van der Waals surface area contributed by atoms with Crippen molar-refractivity contribution < 1.29 is 4.79 Å². The van der Waals surface area contributed by atoms with E-state index in [0.29, 0.717) is 6.54 Å². The summed E-state index contributed by atoms with van der Waals surface area (Å²) in [5.41, 5.74) is 2.15. The molecule has 0 unspecified atom stereocenters. The number of carbonyl (C=O) groups excluding carboxylic acids is 1. The van der Waals surface area contributed by atoms with Gasteiger partial charge < -0.3 is 15.5 Å². The van der Waals surface area contributed by atoms with Gasteiger partial charge in [0.2, 0.25) is 0 Å². The SMILES string of the molecule is CN(C)C(=O)NCCNCc1nc(-c2ccccc2)cs1. The first kappa shape index (κ1) is 15.5. The molecule has 0 radical (unpaired) electrons. The van der Waals surface area contributed by atoms with Gasteiger partial charge in [-0.1, -0.05) is 30.3 Å². The Morgan fingerprint density at radius 2 is 2.00 bits per heavy atom. The number of benzene rings is 1. The number of nitrogens with zero attached hydrogens (tertiary/aromatic N) is 2. The van der Waals surface area contributed by atoms with Crippen LogP contribution in [0.25, 0.3) is 11.3 Å². The van der Waals surface area contributed by atoms with E-state index < -0.39 is 0 Å². The third kappa shape index (κ3) is 4.84. The number of aromatic nitrogens is 1. The average Bonchev–Trinajstić information content (AvgIpc) is 2.96. The summed E-state index contributed by atoms with van der Waals surface area (Å²) in [6.07, 6.45) is 0. The lowest BCUT2D eigenvalue weighted by atomic mass is 10.2. The number of rotatable bonds is 6. The van der Waals surface area contributed by atoms with Gasteiger partial charge in [0, 0.05) is 44.7 Å². The number of hydrogen-bond donors (Lipinski definition) is 2. The van der Waals surface area contributed by atoms with E-state index in [4.69, 9.17) is 0 Å². The van der Waals surface area contributed by atoms with Crippen LogP contribution in [0.3, 0.4) is 0 Å². The van der Waals surface area contributed by atoms with Crippen molar-refractivity contribution >= 4 is 17.4 Å². The number of urea groups is 1. The van der Waals surface area contributed by atoms with Gasteiger partial charge in [0.1, 0.15) is 5.01 Å². The Bertz CT molecular complexity index is 568. The summed E-state index contributed by atoms with van der Waals surface area (Å²) in [6, 6.07) is 10.1. The molecular weight excluding hydrogens is 284 g/mol. The fourth-order valence-corrected chi connectivity index (χ4v) is 2.52. The van der Waals surface area contributed by atoms with Crippen LogP contribution in [0, 0.1) is 0 Å². The molecule has 0 aliphatic heterocycles. The van der Waals surface area contributed by atoms with Crippen LogP contribution in [0.2, 0.25) is 0 Å². The maximum atomic E-state index is 11.3. The Kier molecular flexibility index (Phi) is 5.71. The van der Waals surface area contributed by atoms with Gasteiger partial charge in [-0.25, -0.2) is 9.78 Å². The molecule has 2 rings (SSSR count). The minimum absolute atomic E-state index is 0.0718. The molecule has 2 amide bonds. The zero-order valence-corrected chi connectivity index (χ0v) is 13.1. The van der Waals surface area contributed by atoms with Crippen LogP contribution < -0.4 is 10.6 Å². The molecule has 0 aliphatic carbocycles. The van der Waals surface area contributed by atoms with Crippen LogP contribution in [-0.2, 0) is 6.54 Å². The van der Waals surface area contributed by atoms with E-state index in [0.717, 1.165) is 29.4 Å². The van der Waals surface area contributed by atoms with Gasteiger partial charge in [-0.3, -0.25) is 0 Å². The first-order chi connectivity index (χ1) is 10.2. The molecule has 2 N–H and O–H groups in total. The smallest absolute Gasteiger partial charge is 0.316 e. The monoisotopic (exact) mass is 304 g/mol. The first-order valence-corrected chi connectivity index (χ1v) is 7.70. The normalized spacial score (nSPS) is 10.4. The van der Waals surface area contributed by atoms with Crippen molar-refractivity contribution in [3.63, 3.8) is 0 Å². The van der Waals surface area contributed by atoms with E-state index in [1.165, 1.54) is 4.90 Å². The predicted molar refractivity (Wildman–Crippen MR) is 86.3 cm³/mol. The van der Waals surface area contributed by atoms with Crippen LogP contribution in [0.1, 0.15) is 5.01 Å². The highest BCUT2D eigenvalue weighted by molar-refractivity contribution is 7.09. The summed E-state index contributed by atoms with van der Waals surface area (Å²) in [4.78, 5) is 17.4. The number of thiazole rings is 1. The van der Waals surface area contributed by atoms with Gasteiger partial charge in [0.25, 0.3) is 0 Å². The lowest BCUT2D eigenvalue weighted by molar-refractivity contribution is 0.217. The molecule has 112 valence electrons. The van der Waals surface area contributed by atoms with E-state index in [2.05, 4.69) is 33.1 Å². The zero-order valence-electron chi connectivity index (χ0n) is 12.3.